The highest BCUT2D eigenvalue weighted by atomic mass is 35.5. The standard InChI is InChI=1S/C11H15ClN2O2/c1-4-6-8-9(11(15)16-5-2)13-7(3)14-10(8)12/h4-6H2,1-3H3. The van der Waals surface area contributed by atoms with Gasteiger partial charge in [-0.3, -0.25) is 0 Å². The number of carbonyl (C=O) groups excluding carboxylic acids is 1. The van der Waals surface area contributed by atoms with E-state index in [4.69, 9.17) is 16.3 Å². The fourth-order valence-electron chi connectivity index (χ4n) is 1.40. The number of halogens is 1. The van der Waals surface area contributed by atoms with Crippen molar-refractivity contribution in [1.29, 1.82) is 0 Å². The zero-order chi connectivity index (χ0) is 12.1. The average molecular weight is 243 g/mol. The van der Waals surface area contributed by atoms with Gasteiger partial charge in [0.2, 0.25) is 0 Å². The van der Waals surface area contributed by atoms with E-state index in [-0.39, 0.29) is 0 Å². The molecule has 0 atom stereocenters. The van der Waals surface area contributed by atoms with E-state index in [1.165, 1.54) is 0 Å². The van der Waals surface area contributed by atoms with Crippen LogP contribution < -0.4 is 0 Å². The van der Waals surface area contributed by atoms with E-state index in [1.54, 1.807) is 13.8 Å². The zero-order valence-corrected chi connectivity index (χ0v) is 10.5. The van der Waals surface area contributed by atoms with Crippen molar-refractivity contribution in [3.63, 3.8) is 0 Å². The Morgan fingerprint density at radius 3 is 2.62 bits per heavy atom. The van der Waals surface area contributed by atoms with Crippen molar-refractivity contribution >= 4 is 17.6 Å². The summed E-state index contributed by atoms with van der Waals surface area (Å²) in [6.45, 7) is 5.79. The first-order chi connectivity index (χ1) is 7.60. The monoisotopic (exact) mass is 242 g/mol. The van der Waals surface area contributed by atoms with Gasteiger partial charge in [-0.2, -0.15) is 0 Å². The third-order valence-electron chi connectivity index (χ3n) is 2.04. The van der Waals surface area contributed by atoms with Crippen LogP contribution in [0.15, 0.2) is 0 Å². The van der Waals surface area contributed by atoms with Gasteiger partial charge in [-0.05, 0) is 20.3 Å². The molecule has 0 amide bonds. The molecule has 0 bridgehead atoms. The van der Waals surface area contributed by atoms with E-state index >= 15 is 0 Å². The highest BCUT2D eigenvalue weighted by Gasteiger charge is 2.18. The third kappa shape index (κ3) is 2.92. The van der Waals surface area contributed by atoms with Crippen molar-refractivity contribution in [3.8, 4) is 0 Å². The van der Waals surface area contributed by atoms with Gasteiger partial charge in [0.15, 0.2) is 5.69 Å². The van der Waals surface area contributed by atoms with Crippen LogP contribution in [0, 0.1) is 6.92 Å². The van der Waals surface area contributed by atoms with Crippen LogP contribution in [0.5, 0.6) is 0 Å². The van der Waals surface area contributed by atoms with Gasteiger partial charge >= 0.3 is 5.97 Å². The fraction of sp³-hybridized carbons (Fsp3) is 0.545. The summed E-state index contributed by atoms with van der Waals surface area (Å²) >= 11 is 6.00. The molecule has 0 N–H and O–H groups in total. The van der Waals surface area contributed by atoms with E-state index < -0.39 is 5.97 Å². The van der Waals surface area contributed by atoms with E-state index in [0.717, 1.165) is 6.42 Å². The first-order valence-corrected chi connectivity index (χ1v) is 5.68. The molecule has 0 unspecified atom stereocenters. The molecular formula is C11H15ClN2O2. The molecule has 0 saturated carbocycles. The van der Waals surface area contributed by atoms with Crippen molar-refractivity contribution in [2.24, 2.45) is 0 Å². The Labute approximate surface area is 100 Å². The SMILES string of the molecule is CCCc1c(Cl)nc(C)nc1C(=O)OCC. The summed E-state index contributed by atoms with van der Waals surface area (Å²) in [7, 11) is 0. The maximum atomic E-state index is 11.7. The molecule has 4 nitrogen and oxygen atoms in total. The number of ether oxygens (including phenoxy) is 1. The second-order valence-corrected chi connectivity index (χ2v) is 3.72. The lowest BCUT2D eigenvalue weighted by atomic mass is 10.1. The second kappa shape index (κ2) is 5.80. The van der Waals surface area contributed by atoms with Gasteiger partial charge in [0.25, 0.3) is 0 Å². The minimum atomic E-state index is -0.432. The maximum Gasteiger partial charge on any atom is 0.357 e. The lowest BCUT2D eigenvalue weighted by Gasteiger charge is -2.09. The molecule has 0 aliphatic heterocycles. The largest absolute Gasteiger partial charge is 0.461 e. The summed E-state index contributed by atoms with van der Waals surface area (Å²) in [4.78, 5) is 19.8. The summed E-state index contributed by atoms with van der Waals surface area (Å²) in [6, 6.07) is 0. The minimum Gasteiger partial charge on any atom is -0.461 e. The number of aromatic nitrogens is 2. The smallest absolute Gasteiger partial charge is 0.357 e. The average Bonchev–Trinajstić information content (AvgIpc) is 2.22. The summed E-state index contributed by atoms with van der Waals surface area (Å²) in [5.41, 5.74) is 0.967. The maximum absolute atomic E-state index is 11.7. The molecule has 0 radical (unpaired) electrons. The topological polar surface area (TPSA) is 52.1 Å². The predicted octanol–water partition coefficient (Wildman–Crippen LogP) is 2.57. The van der Waals surface area contributed by atoms with Gasteiger partial charge in [-0.25, -0.2) is 14.8 Å². The van der Waals surface area contributed by atoms with Crippen molar-refractivity contribution in [2.75, 3.05) is 6.61 Å². The van der Waals surface area contributed by atoms with E-state index in [0.29, 0.717) is 35.3 Å². The molecule has 1 aromatic rings. The highest BCUT2D eigenvalue weighted by molar-refractivity contribution is 6.30. The number of carbonyl (C=O) groups is 1. The minimum absolute atomic E-state index is 0.293. The Balaban J connectivity index is 3.17. The second-order valence-electron chi connectivity index (χ2n) is 3.36. The molecular weight excluding hydrogens is 228 g/mol. The number of aryl methyl sites for hydroxylation is 1. The van der Waals surface area contributed by atoms with Crippen LogP contribution in [0.1, 0.15) is 42.1 Å². The molecule has 0 aliphatic carbocycles. The fourth-order valence-corrected chi connectivity index (χ4v) is 1.71. The lowest BCUT2D eigenvalue weighted by molar-refractivity contribution is 0.0517. The Kier molecular flexibility index (Phi) is 4.68. The predicted molar refractivity (Wildman–Crippen MR) is 61.7 cm³/mol. The number of hydrogen-bond acceptors (Lipinski definition) is 4. The summed E-state index contributed by atoms with van der Waals surface area (Å²) in [5, 5.41) is 0.345. The third-order valence-corrected chi connectivity index (χ3v) is 2.35. The Hall–Kier alpha value is -1.16. The van der Waals surface area contributed by atoms with Gasteiger partial charge < -0.3 is 4.74 Å². The van der Waals surface area contributed by atoms with Crippen LogP contribution in [0.2, 0.25) is 5.15 Å². The molecule has 0 fully saturated rings. The van der Waals surface area contributed by atoms with Gasteiger partial charge in [-0.1, -0.05) is 24.9 Å². The first-order valence-electron chi connectivity index (χ1n) is 5.30. The van der Waals surface area contributed by atoms with Crippen LogP contribution in [-0.4, -0.2) is 22.5 Å². The summed E-state index contributed by atoms with van der Waals surface area (Å²) in [5.74, 6) is 0.0475. The number of hydrogen-bond donors (Lipinski definition) is 0. The molecule has 1 rings (SSSR count). The van der Waals surface area contributed by atoms with Gasteiger partial charge in [0, 0.05) is 5.56 Å². The molecule has 0 aromatic carbocycles. The number of esters is 1. The molecule has 0 spiro atoms. The first kappa shape index (κ1) is 12.9. The van der Waals surface area contributed by atoms with Gasteiger partial charge in [0.1, 0.15) is 11.0 Å². The lowest BCUT2D eigenvalue weighted by Crippen LogP contribution is -2.13. The zero-order valence-electron chi connectivity index (χ0n) is 9.71. The molecule has 1 aromatic heterocycles. The van der Waals surface area contributed by atoms with Gasteiger partial charge in [0.05, 0.1) is 6.61 Å². The molecule has 16 heavy (non-hydrogen) atoms. The molecule has 5 heteroatoms. The molecule has 1 heterocycles. The summed E-state index contributed by atoms with van der Waals surface area (Å²) in [6.07, 6.45) is 1.55. The van der Waals surface area contributed by atoms with Gasteiger partial charge in [-0.15, -0.1) is 0 Å². The van der Waals surface area contributed by atoms with E-state index in [1.807, 2.05) is 6.92 Å². The number of rotatable bonds is 4. The van der Waals surface area contributed by atoms with E-state index in [2.05, 4.69) is 9.97 Å². The van der Waals surface area contributed by atoms with Crippen LogP contribution >= 0.6 is 11.6 Å². The van der Waals surface area contributed by atoms with Crippen LogP contribution in [-0.2, 0) is 11.2 Å². The number of nitrogens with zero attached hydrogens (tertiary/aromatic N) is 2. The normalized spacial score (nSPS) is 10.2. The molecule has 0 saturated heterocycles. The van der Waals surface area contributed by atoms with Crippen LogP contribution in [0.3, 0.4) is 0 Å². The van der Waals surface area contributed by atoms with Crippen molar-refractivity contribution < 1.29 is 9.53 Å². The van der Waals surface area contributed by atoms with Crippen molar-refractivity contribution in [1.82, 2.24) is 9.97 Å². The Morgan fingerprint density at radius 1 is 1.38 bits per heavy atom. The van der Waals surface area contributed by atoms with Crippen molar-refractivity contribution in [3.05, 3.63) is 22.2 Å². The molecule has 0 aliphatic rings. The Morgan fingerprint density at radius 2 is 2.06 bits per heavy atom. The van der Waals surface area contributed by atoms with E-state index in [9.17, 15) is 4.79 Å². The summed E-state index contributed by atoms with van der Waals surface area (Å²) < 4.78 is 4.94. The molecule has 88 valence electrons. The van der Waals surface area contributed by atoms with Crippen molar-refractivity contribution in [2.45, 2.75) is 33.6 Å². The Bertz CT molecular complexity index is 394. The highest BCUT2D eigenvalue weighted by Crippen LogP contribution is 2.19. The van der Waals surface area contributed by atoms with Crippen LogP contribution in [0.4, 0.5) is 0 Å². The quantitative estimate of drug-likeness (QED) is 0.602. The van der Waals surface area contributed by atoms with Crippen LogP contribution in [0.25, 0.3) is 0 Å².